The molecule has 0 saturated carbocycles. The fourth-order valence-electron chi connectivity index (χ4n) is 5.03. The van der Waals surface area contributed by atoms with Gasteiger partial charge in [0, 0.05) is 6.42 Å². The Kier molecular flexibility index (Phi) is 28.1. The topological polar surface area (TPSA) is 104 Å². The summed E-state index contributed by atoms with van der Waals surface area (Å²) in [5, 5.41) is 12.9. The highest BCUT2D eigenvalue weighted by Gasteiger charge is 2.24. The van der Waals surface area contributed by atoms with Crippen LogP contribution in [-0.4, -0.2) is 41.9 Å². The number of rotatable bonds is 30. The summed E-state index contributed by atoms with van der Waals surface area (Å²) in [4.78, 5) is 12.3. The van der Waals surface area contributed by atoms with Crippen molar-refractivity contribution in [3.8, 4) is 0 Å². The molecule has 242 valence electrons. The van der Waals surface area contributed by atoms with Crippen LogP contribution < -0.4 is 5.32 Å². The Morgan fingerprint density at radius 3 is 1.51 bits per heavy atom. The molecule has 0 aliphatic heterocycles. The number of hydrogen-bond acceptors (Lipinski definition) is 4. The van der Waals surface area contributed by atoms with Gasteiger partial charge in [-0.2, -0.15) is 8.42 Å². The number of unbranched alkanes of at least 4 members (excludes halogenated alkanes) is 20. The van der Waals surface area contributed by atoms with Crippen LogP contribution in [0.5, 0.6) is 0 Å². The maximum atomic E-state index is 12.3. The van der Waals surface area contributed by atoms with E-state index in [0.717, 1.165) is 44.9 Å². The Hall–Kier alpha value is -1.18. The Bertz CT molecular complexity index is 750. The van der Waals surface area contributed by atoms with Gasteiger partial charge in [0.25, 0.3) is 10.1 Å². The summed E-state index contributed by atoms with van der Waals surface area (Å²) in [5.41, 5.74) is 0. The van der Waals surface area contributed by atoms with Crippen LogP contribution in [0.25, 0.3) is 0 Å². The molecular weight excluding hydrogens is 534 g/mol. The molecule has 3 N–H and O–H groups in total. The first-order valence-electron chi connectivity index (χ1n) is 17.0. The van der Waals surface area contributed by atoms with Gasteiger partial charge in [0.1, 0.15) is 0 Å². The lowest BCUT2D eigenvalue weighted by atomic mass is 10.0. The van der Waals surface area contributed by atoms with E-state index in [1.807, 2.05) is 0 Å². The van der Waals surface area contributed by atoms with E-state index in [9.17, 15) is 22.9 Å². The molecule has 6 nitrogen and oxygen atoms in total. The van der Waals surface area contributed by atoms with Gasteiger partial charge < -0.3 is 10.4 Å². The lowest BCUT2D eigenvalue weighted by Crippen LogP contribution is -2.46. The van der Waals surface area contributed by atoms with E-state index in [2.05, 4.69) is 31.3 Å². The molecule has 0 fully saturated rings. The van der Waals surface area contributed by atoms with E-state index < -0.39 is 28.0 Å². The maximum Gasteiger partial charge on any atom is 0.267 e. The SMILES string of the molecule is CCCCC/C=C/C(O)C(CS(=O)(=O)O)NC(=O)CCCCCCCCCCC/C=C\CCCCCCCCCC. The Balaban J connectivity index is 3.75. The fraction of sp³-hybridized carbons (Fsp3) is 0.853. The number of aliphatic hydroxyl groups is 1. The normalized spacial score (nSPS) is 13.8. The average molecular weight is 600 g/mol. The van der Waals surface area contributed by atoms with Gasteiger partial charge in [-0.05, 0) is 44.9 Å². The van der Waals surface area contributed by atoms with Crippen molar-refractivity contribution >= 4 is 16.0 Å². The number of amides is 1. The second-order valence-corrected chi connectivity index (χ2v) is 13.3. The molecule has 0 rings (SSSR count). The van der Waals surface area contributed by atoms with Gasteiger partial charge in [-0.3, -0.25) is 9.35 Å². The molecule has 0 aliphatic carbocycles. The summed E-state index contributed by atoms with van der Waals surface area (Å²) in [7, 11) is -4.32. The van der Waals surface area contributed by atoms with Crippen molar-refractivity contribution in [3.63, 3.8) is 0 Å². The number of carbonyl (C=O) groups excluding carboxylic acids is 1. The molecular formula is C34H65NO5S. The summed E-state index contributed by atoms with van der Waals surface area (Å²) in [5.74, 6) is -0.988. The molecule has 2 atom stereocenters. The molecule has 0 aromatic rings. The number of hydrogen-bond donors (Lipinski definition) is 3. The lowest BCUT2D eigenvalue weighted by Gasteiger charge is -2.21. The van der Waals surface area contributed by atoms with Gasteiger partial charge in [0.05, 0.1) is 17.9 Å². The first kappa shape index (κ1) is 39.8. The Labute approximate surface area is 254 Å². The first-order valence-corrected chi connectivity index (χ1v) is 18.6. The third-order valence-electron chi connectivity index (χ3n) is 7.62. The van der Waals surface area contributed by atoms with Crippen molar-refractivity contribution < 1.29 is 22.9 Å². The third kappa shape index (κ3) is 30.1. The largest absolute Gasteiger partial charge is 0.387 e. The molecule has 7 heteroatoms. The van der Waals surface area contributed by atoms with Crippen molar-refractivity contribution in [3.05, 3.63) is 24.3 Å². The number of carbonyl (C=O) groups is 1. The van der Waals surface area contributed by atoms with Gasteiger partial charge in [0.15, 0.2) is 0 Å². The van der Waals surface area contributed by atoms with E-state index in [4.69, 9.17) is 0 Å². The average Bonchev–Trinajstić information content (AvgIpc) is 2.92. The van der Waals surface area contributed by atoms with Crippen LogP contribution in [0.1, 0.15) is 168 Å². The zero-order valence-corrected chi connectivity index (χ0v) is 27.5. The Morgan fingerprint density at radius 2 is 1.02 bits per heavy atom. The van der Waals surface area contributed by atoms with E-state index in [-0.39, 0.29) is 5.91 Å². The predicted octanol–water partition coefficient (Wildman–Crippen LogP) is 9.23. The standard InChI is InChI=1S/C34H65NO5S/c1-3-5-7-9-10-11-12-13-14-15-16-17-18-19-20-21-22-23-24-26-28-30-34(37)35-32(31-41(38,39)40)33(36)29-27-25-8-6-4-2/h15-16,27,29,32-33,36H,3-14,17-26,28,30-31H2,1-2H3,(H,35,37)(H,38,39,40)/b16-15-,29-27+. The van der Waals surface area contributed by atoms with Crippen LogP contribution in [0, 0.1) is 0 Å². The molecule has 2 unspecified atom stereocenters. The summed E-state index contributed by atoms with van der Waals surface area (Å²) in [6, 6.07) is -1.05. The van der Waals surface area contributed by atoms with Gasteiger partial charge in [-0.25, -0.2) is 0 Å². The van der Waals surface area contributed by atoms with Gasteiger partial charge in [0.2, 0.25) is 5.91 Å². The van der Waals surface area contributed by atoms with Gasteiger partial charge in [-0.1, -0.05) is 141 Å². The number of allylic oxidation sites excluding steroid dienone is 3. The van der Waals surface area contributed by atoms with Crippen LogP contribution >= 0.6 is 0 Å². The minimum absolute atomic E-state index is 0.288. The van der Waals surface area contributed by atoms with E-state index >= 15 is 0 Å². The quantitative estimate of drug-likeness (QED) is 0.0434. The smallest absolute Gasteiger partial charge is 0.267 e. The molecule has 0 aromatic heterocycles. The van der Waals surface area contributed by atoms with Crippen molar-refractivity contribution in [2.24, 2.45) is 0 Å². The second-order valence-electron chi connectivity index (χ2n) is 11.8. The summed E-state index contributed by atoms with van der Waals surface area (Å²) in [6.07, 6.45) is 35.0. The summed E-state index contributed by atoms with van der Waals surface area (Å²) < 4.78 is 32.0. The van der Waals surface area contributed by atoms with Crippen molar-refractivity contribution in [2.75, 3.05) is 5.75 Å². The monoisotopic (exact) mass is 599 g/mol. The minimum Gasteiger partial charge on any atom is -0.387 e. The first-order chi connectivity index (χ1) is 19.8. The minimum atomic E-state index is -4.32. The zero-order chi connectivity index (χ0) is 30.4. The van der Waals surface area contributed by atoms with E-state index in [0.29, 0.717) is 6.42 Å². The molecule has 0 aliphatic rings. The van der Waals surface area contributed by atoms with Crippen molar-refractivity contribution in [2.45, 2.75) is 180 Å². The second kappa shape index (κ2) is 28.9. The molecule has 41 heavy (non-hydrogen) atoms. The molecule has 0 bridgehead atoms. The number of aliphatic hydroxyl groups excluding tert-OH is 1. The predicted molar refractivity (Wildman–Crippen MR) is 175 cm³/mol. The number of nitrogens with one attached hydrogen (secondary N) is 1. The van der Waals surface area contributed by atoms with Crippen LogP contribution in [0.15, 0.2) is 24.3 Å². The highest BCUT2D eigenvalue weighted by Crippen LogP contribution is 2.13. The van der Waals surface area contributed by atoms with E-state index in [1.165, 1.54) is 109 Å². The van der Waals surface area contributed by atoms with E-state index in [1.54, 1.807) is 6.08 Å². The third-order valence-corrected chi connectivity index (χ3v) is 8.40. The molecule has 0 heterocycles. The maximum absolute atomic E-state index is 12.3. The fourth-order valence-corrected chi connectivity index (χ4v) is 5.76. The van der Waals surface area contributed by atoms with Crippen LogP contribution in [0.4, 0.5) is 0 Å². The summed E-state index contributed by atoms with van der Waals surface area (Å²) in [6.45, 7) is 4.38. The van der Waals surface area contributed by atoms with Crippen LogP contribution in [-0.2, 0) is 14.9 Å². The molecule has 0 spiro atoms. The van der Waals surface area contributed by atoms with Gasteiger partial charge in [-0.15, -0.1) is 0 Å². The van der Waals surface area contributed by atoms with Crippen LogP contribution in [0.3, 0.4) is 0 Å². The molecule has 1 amide bonds. The molecule has 0 radical (unpaired) electrons. The van der Waals surface area contributed by atoms with Gasteiger partial charge >= 0.3 is 0 Å². The van der Waals surface area contributed by atoms with Crippen LogP contribution in [0.2, 0.25) is 0 Å². The van der Waals surface area contributed by atoms with Crippen molar-refractivity contribution in [1.29, 1.82) is 0 Å². The Morgan fingerprint density at radius 1 is 0.634 bits per heavy atom. The molecule has 0 aromatic carbocycles. The van der Waals surface area contributed by atoms with Crippen molar-refractivity contribution in [1.82, 2.24) is 5.32 Å². The highest BCUT2D eigenvalue weighted by molar-refractivity contribution is 7.85. The molecule has 0 saturated heterocycles. The zero-order valence-electron chi connectivity index (χ0n) is 26.7. The summed E-state index contributed by atoms with van der Waals surface area (Å²) >= 11 is 0. The highest BCUT2D eigenvalue weighted by atomic mass is 32.2. The lowest BCUT2D eigenvalue weighted by molar-refractivity contribution is -0.122.